The quantitative estimate of drug-likeness (QED) is 0.338. The Bertz CT molecular complexity index is 519. The third-order valence-corrected chi connectivity index (χ3v) is 3.19. The van der Waals surface area contributed by atoms with E-state index in [9.17, 15) is 4.39 Å². The molecular weight excluding hydrogens is 269 g/mol. The Morgan fingerprint density at radius 3 is 2.43 bits per heavy atom. The number of nitrogens with zero attached hydrogens (tertiary/aromatic N) is 1. The van der Waals surface area contributed by atoms with Crippen LogP contribution >= 0.6 is 0 Å². The van der Waals surface area contributed by atoms with E-state index in [1.807, 2.05) is 0 Å². The van der Waals surface area contributed by atoms with Crippen molar-refractivity contribution in [3.8, 4) is 0 Å². The molecule has 1 aromatic carbocycles. The summed E-state index contributed by atoms with van der Waals surface area (Å²) in [4.78, 5) is 0. The molecule has 0 atom stereocenters. The van der Waals surface area contributed by atoms with Gasteiger partial charge in [0.05, 0.1) is 0 Å². The zero-order chi connectivity index (χ0) is 16.3. The predicted molar refractivity (Wildman–Crippen MR) is 83.9 cm³/mol. The van der Waals surface area contributed by atoms with Gasteiger partial charge in [-0.15, -0.1) is 0 Å². The Kier molecular flexibility index (Phi) is 5.34. The molecule has 0 amide bonds. The molecule has 0 spiro atoms. The van der Waals surface area contributed by atoms with Crippen LogP contribution in [-0.2, 0) is 6.54 Å². The fourth-order valence-corrected chi connectivity index (χ4v) is 2.72. The van der Waals surface area contributed by atoms with Gasteiger partial charge in [-0.2, -0.15) is 0 Å². The number of rotatable bonds is 5. The lowest BCUT2D eigenvalue weighted by atomic mass is 9.81. The monoisotopic (exact) mass is 295 g/mol. The molecule has 0 aliphatic heterocycles. The van der Waals surface area contributed by atoms with Crippen molar-refractivity contribution in [2.24, 2.45) is 16.3 Å². The maximum Gasteiger partial charge on any atom is 0.170 e. The van der Waals surface area contributed by atoms with Crippen LogP contribution in [0.15, 0.2) is 23.4 Å². The summed E-state index contributed by atoms with van der Waals surface area (Å²) in [6.07, 6.45) is 0.986. The van der Waals surface area contributed by atoms with Crippen LogP contribution in [0.5, 0.6) is 0 Å². The van der Waals surface area contributed by atoms with Gasteiger partial charge >= 0.3 is 0 Å². The molecule has 0 radical (unpaired) electrons. The van der Waals surface area contributed by atoms with E-state index in [0.717, 1.165) is 12.0 Å². The summed E-state index contributed by atoms with van der Waals surface area (Å²) >= 11 is 0. The van der Waals surface area contributed by atoms with Crippen molar-refractivity contribution in [3.05, 3.63) is 35.1 Å². The molecule has 1 aromatic rings. The summed E-state index contributed by atoms with van der Waals surface area (Å²) in [7, 11) is 0. The van der Waals surface area contributed by atoms with Crippen LogP contribution < -0.4 is 11.1 Å². The van der Waals surface area contributed by atoms with Crippen molar-refractivity contribution < 1.29 is 9.60 Å². The van der Waals surface area contributed by atoms with Gasteiger partial charge in [-0.3, -0.25) is 0 Å². The van der Waals surface area contributed by atoms with Gasteiger partial charge in [0.1, 0.15) is 5.82 Å². The summed E-state index contributed by atoms with van der Waals surface area (Å²) in [6, 6.07) is 4.31. The van der Waals surface area contributed by atoms with Gasteiger partial charge in [0.15, 0.2) is 5.84 Å². The highest BCUT2D eigenvalue weighted by atomic mass is 19.1. The van der Waals surface area contributed by atoms with Crippen molar-refractivity contribution in [2.45, 2.75) is 53.1 Å². The molecule has 4 nitrogen and oxygen atoms in total. The number of hydrogen-bond donors (Lipinski definition) is 3. The lowest BCUT2D eigenvalue weighted by Gasteiger charge is -2.33. The van der Waals surface area contributed by atoms with E-state index in [1.165, 1.54) is 12.1 Å². The van der Waals surface area contributed by atoms with Crippen molar-refractivity contribution in [1.29, 1.82) is 0 Å². The van der Waals surface area contributed by atoms with Gasteiger partial charge in [0.2, 0.25) is 0 Å². The molecule has 0 aromatic heterocycles. The second kappa shape index (κ2) is 6.43. The summed E-state index contributed by atoms with van der Waals surface area (Å²) < 4.78 is 13.3. The first-order valence-electron chi connectivity index (χ1n) is 7.05. The summed E-state index contributed by atoms with van der Waals surface area (Å²) in [5, 5.41) is 15.2. The normalized spacial score (nSPS) is 13.5. The Hall–Kier alpha value is -1.62. The molecule has 0 bridgehead atoms. The minimum atomic E-state index is -0.408. The number of benzene rings is 1. The van der Waals surface area contributed by atoms with Crippen LogP contribution in [0.25, 0.3) is 0 Å². The molecule has 0 fully saturated rings. The lowest BCUT2D eigenvalue weighted by molar-refractivity contribution is 0.240. The van der Waals surface area contributed by atoms with E-state index >= 15 is 0 Å². The Morgan fingerprint density at radius 1 is 1.29 bits per heavy atom. The van der Waals surface area contributed by atoms with Crippen molar-refractivity contribution >= 4 is 5.84 Å². The van der Waals surface area contributed by atoms with Crippen LogP contribution in [0.3, 0.4) is 0 Å². The van der Waals surface area contributed by atoms with E-state index in [4.69, 9.17) is 10.9 Å². The molecular formula is C16H26FN3O. The average molecular weight is 295 g/mol. The topological polar surface area (TPSA) is 70.6 Å². The smallest absolute Gasteiger partial charge is 0.170 e. The highest BCUT2D eigenvalue weighted by molar-refractivity contribution is 5.98. The Balaban J connectivity index is 2.89. The first kappa shape index (κ1) is 17.4. The first-order chi connectivity index (χ1) is 9.54. The fraction of sp³-hybridized carbons (Fsp3) is 0.562. The highest BCUT2D eigenvalue weighted by Gasteiger charge is 2.25. The molecule has 5 heteroatoms. The molecule has 118 valence electrons. The van der Waals surface area contributed by atoms with E-state index in [-0.39, 0.29) is 16.8 Å². The van der Waals surface area contributed by atoms with Gasteiger partial charge in [-0.1, -0.05) is 32.0 Å². The van der Waals surface area contributed by atoms with Crippen LogP contribution in [0.4, 0.5) is 4.39 Å². The third kappa shape index (κ3) is 5.71. The molecule has 1 rings (SSSR count). The third-order valence-electron chi connectivity index (χ3n) is 3.19. The van der Waals surface area contributed by atoms with Crippen molar-refractivity contribution in [3.63, 3.8) is 0 Å². The standard InChI is InChI=1S/C16H26FN3O/c1-15(2,3)10-16(4,5)19-9-11-6-7-12(17)8-13(11)14(18)20-21/h6-8,19,21H,9-10H2,1-5H3,(H2,18,20). The minimum Gasteiger partial charge on any atom is -0.409 e. The van der Waals surface area contributed by atoms with E-state index in [1.54, 1.807) is 6.07 Å². The van der Waals surface area contributed by atoms with Gasteiger partial charge < -0.3 is 16.3 Å². The number of halogens is 1. The molecule has 0 unspecified atom stereocenters. The zero-order valence-corrected chi connectivity index (χ0v) is 13.5. The van der Waals surface area contributed by atoms with E-state index in [0.29, 0.717) is 12.1 Å². The van der Waals surface area contributed by atoms with Crippen LogP contribution in [0, 0.1) is 11.2 Å². The fourth-order valence-electron chi connectivity index (χ4n) is 2.72. The maximum absolute atomic E-state index is 13.3. The Labute approximate surface area is 126 Å². The lowest BCUT2D eigenvalue weighted by Crippen LogP contribution is -2.42. The van der Waals surface area contributed by atoms with Crippen molar-refractivity contribution in [1.82, 2.24) is 5.32 Å². The Morgan fingerprint density at radius 2 is 1.90 bits per heavy atom. The zero-order valence-electron chi connectivity index (χ0n) is 13.5. The SMILES string of the molecule is CC(C)(C)CC(C)(C)NCc1ccc(F)cc1C(N)=NO. The van der Waals surface area contributed by atoms with Crippen molar-refractivity contribution in [2.75, 3.05) is 0 Å². The molecule has 0 aliphatic rings. The number of hydrogen-bond acceptors (Lipinski definition) is 3. The predicted octanol–water partition coefficient (Wildman–Crippen LogP) is 3.22. The molecule has 0 saturated carbocycles. The molecule has 21 heavy (non-hydrogen) atoms. The largest absolute Gasteiger partial charge is 0.409 e. The number of nitrogens with two attached hydrogens (primary N) is 1. The average Bonchev–Trinajstić information content (AvgIpc) is 2.33. The number of nitrogens with one attached hydrogen (secondary N) is 1. The maximum atomic E-state index is 13.3. The number of oxime groups is 1. The summed E-state index contributed by atoms with van der Waals surface area (Å²) in [6.45, 7) is 11.4. The van der Waals surface area contributed by atoms with Crippen LogP contribution in [0.2, 0.25) is 0 Å². The van der Waals surface area contributed by atoms with Gasteiger partial charge in [-0.05, 0) is 43.4 Å². The molecule has 0 heterocycles. The molecule has 4 N–H and O–H groups in total. The molecule has 0 aliphatic carbocycles. The van der Waals surface area contributed by atoms with Gasteiger partial charge in [-0.25, -0.2) is 4.39 Å². The number of amidine groups is 1. The molecule has 0 saturated heterocycles. The van der Waals surface area contributed by atoms with E-state index < -0.39 is 5.82 Å². The minimum absolute atomic E-state index is 0.0744. The van der Waals surface area contributed by atoms with Crippen LogP contribution in [0.1, 0.15) is 52.2 Å². The summed E-state index contributed by atoms with van der Waals surface area (Å²) in [5.41, 5.74) is 6.95. The second-order valence-corrected chi connectivity index (χ2v) is 7.26. The van der Waals surface area contributed by atoms with Gasteiger partial charge in [0.25, 0.3) is 0 Å². The van der Waals surface area contributed by atoms with E-state index in [2.05, 4.69) is 45.1 Å². The second-order valence-electron chi connectivity index (χ2n) is 7.26. The first-order valence-corrected chi connectivity index (χ1v) is 7.05. The van der Waals surface area contributed by atoms with Gasteiger partial charge in [0, 0.05) is 17.6 Å². The van der Waals surface area contributed by atoms with Crippen LogP contribution in [-0.4, -0.2) is 16.6 Å². The summed E-state index contributed by atoms with van der Waals surface area (Å²) in [5.74, 6) is -0.491. The highest BCUT2D eigenvalue weighted by Crippen LogP contribution is 2.27.